The number of carbonyl (C=O) groups excluding carboxylic acids is 1. The molecule has 0 fully saturated rings. The van der Waals surface area contributed by atoms with Crippen molar-refractivity contribution < 1.29 is 14.3 Å². The van der Waals surface area contributed by atoms with Gasteiger partial charge in [-0.3, -0.25) is 14.2 Å². The van der Waals surface area contributed by atoms with Crippen molar-refractivity contribution in [2.75, 3.05) is 12.4 Å². The predicted molar refractivity (Wildman–Crippen MR) is 174 cm³/mol. The lowest BCUT2D eigenvalue weighted by Gasteiger charge is -2.25. The zero-order valence-corrected chi connectivity index (χ0v) is 25.4. The summed E-state index contributed by atoms with van der Waals surface area (Å²) in [6.45, 7) is 4.34. The van der Waals surface area contributed by atoms with Gasteiger partial charge in [-0.1, -0.05) is 83.6 Å². The van der Waals surface area contributed by atoms with Gasteiger partial charge in [-0.2, -0.15) is 0 Å². The number of allylic oxidation sites excluding steroid dienone is 1. The summed E-state index contributed by atoms with van der Waals surface area (Å²) in [5, 5.41) is 2.98. The number of carbonyl (C=O) groups is 1. The van der Waals surface area contributed by atoms with Crippen LogP contribution in [0.15, 0.2) is 124 Å². The van der Waals surface area contributed by atoms with Crippen molar-refractivity contribution in [3.8, 4) is 11.5 Å². The molecule has 0 aliphatic carbocycles. The summed E-state index contributed by atoms with van der Waals surface area (Å²) in [5.41, 5.74) is 5.36. The van der Waals surface area contributed by atoms with Gasteiger partial charge in [0.1, 0.15) is 18.1 Å². The van der Waals surface area contributed by atoms with Gasteiger partial charge in [0, 0.05) is 5.69 Å². The standard InChI is InChI=1S/C36H31N3O4S/c1-23-9-11-26(12-10-23)22-43-30-17-13-25(14-18-30)21-31-35(41)39-33(27-15-19-29(42-3)20-16-27)32(24(2)37-36(39)44-31)34(40)38-28-7-5-4-6-8-28/h4-21,33H,22H2,1-3H3,(H,38,40)/b31-21+/t33-/m1/s1. The molecule has 7 nitrogen and oxygen atoms in total. The second-order valence-electron chi connectivity index (χ2n) is 10.5. The Morgan fingerprint density at radius 3 is 2.27 bits per heavy atom. The fourth-order valence-corrected chi connectivity index (χ4v) is 6.14. The van der Waals surface area contributed by atoms with Crippen molar-refractivity contribution in [2.24, 2.45) is 4.99 Å². The van der Waals surface area contributed by atoms with Crippen molar-refractivity contribution in [2.45, 2.75) is 26.5 Å². The maximum Gasteiger partial charge on any atom is 0.271 e. The van der Waals surface area contributed by atoms with Crippen molar-refractivity contribution in [3.63, 3.8) is 0 Å². The highest BCUT2D eigenvalue weighted by Crippen LogP contribution is 2.31. The van der Waals surface area contributed by atoms with E-state index >= 15 is 0 Å². The van der Waals surface area contributed by atoms with Crippen LogP contribution >= 0.6 is 11.3 Å². The normalized spacial score (nSPS) is 14.5. The molecule has 1 N–H and O–H groups in total. The molecule has 1 atom stereocenters. The van der Waals surface area contributed by atoms with Crippen LogP contribution in [-0.2, 0) is 11.4 Å². The second-order valence-corrected chi connectivity index (χ2v) is 11.5. The van der Waals surface area contributed by atoms with Gasteiger partial charge in [0.05, 0.1) is 29.0 Å². The summed E-state index contributed by atoms with van der Waals surface area (Å²) in [6.07, 6.45) is 1.85. The summed E-state index contributed by atoms with van der Waals surface area (Å²) in [6, 6.07) is 31.9. The Morgan fingerprint density at radius 2 is 1.59 bits per heavy atom. The first-order valence-electron chi connectivity index (χ1n) is 14.2. The first kappa shape index (κ1) is 28.9. The average molecular weight is 602 g/mol. The van der Waals surface area contributed by atoms with Gasteiger partial charge in [0.15, 0.2) is 4.80 Å². The summed E-state index contributed by atoms with van der Waals surface area (Å²) >= 11 is 1.30. The van der Waals surface area contributed by atoms with Gasteiger partial charge in [-0.25, -0.2) is 4.99 Å². The number of amides is 1. The minimum Gasteiger partial charge on any atom is -0.497 e. The first-order chi connectivity index (χ1) is 21.4. The van der Waals surface area contributed by atoms with E-state index in [4.69, 9.17) is 14.5 Å². The predicted octanol–water partition coefficient (Wildman–Crippen LogP) is 5.77. The van der Waals surface area contributed by atoms with E-state index in [9.17, 15) is 9.59 Å². The number of benzene rings is 4. The summed E-state index contributed by atoms with van der Waals surface area (Å²) in [5.74, 6) is 1.12. The summed E-state index contributed by atoms with van der Waals surface area (Å²) < 4.78 is 13.4. The molecule has 220 valence electrons. The van der Waals surface area contributed by atoms with E-state index in [1.807, 2.05) is 91.9 Å². The lowest BCUT2D eigenvalue weighted by molar-refractivity contribution is -0.113. The molecule has 1 aromatic heterocycles. The third-order valence-electron chi connectivity index (χ3n) is 7.43. The highest BCUT2D eigenvalue weighted by molar-refractivity contribution is 7.07. The van der Waals surface area contributed by atoms with Gasteiger partial charge in [0.25, 0.3) is 11.5 Å². The van der Waals surface area contributed by atoms with Gasteiger partial charge >= 0.3 is 0 Å². The first-order valence-corrected chi connectivity index (χ1v) is 15.0. The molecule has 0 unspecified atom stereocenters. The highest BCUT2D eigenvalue weighted by Gasteiger charge is 2.32. The Kier molecular flexibility index (Phi) is 8.25. The molecule has 44 heavy (non-hydrogen) atoms. The van der Waals surface area contributed by atoms with Crippen LogP contribution in [0.3, 0.4) is 0 Å². The van der Waals surface area contributed by atoms with Gasteiger partial charge in [0.2, 0.25) is 0 Å². The number of nitrogens with zero attached hydrogens (tertiary/aromatic N) is 2. The number of aromatic nitrogens is 1. The Hall–Kier alpha value is -5.21. The van der Waals surface area contributed by atoms with Crippen LogP contribution in [0.5, 0.6) is 11.5 Å². The van der Waals surface area contributed by atoms with Crippen LogP contribution in [0.4, 0.5) is 5.69 Å². The van der Waals surface area contributed by atoms with E-state index in [1.165, 1.54) is 16.9 Å². The van der Waals surface area contributed by atoms with E-state index in [1.54, 1.807) is 11.7 Å². The van der Waals surface area contributed by atoms with Crippen LogP contribution in [0.25, 0.3) is 6.08 Å². The molecule has 1 amide bonds. The second kappa shape index (κ2) is 12.6. The number of hydrogen-bond acceptors (Lipinski definition) is 6. The maximum absolute atomic E-state index is 14.0. The number of ether oxygens (including phenoxy) is 2. The fourth-order valence-electron chi connectivity index (χ4n) is 5.10. The van der Waals surface area contributed by atoms with Gasteiger partial charge < -0.3 is 14.8 Å². The molecule has 0 radical (unpaired) electrons. The van der Waals surface area contributed by atoms with Gasteiger partial charge in [-0.15, -0.1) is 0 Å². The molecule has 1 aliphatic heterocycles. The van der Waals surface area contributed by atoms with Crippen molar-refractivity contribution >= 4 is 29.0 Å². The number of aryl methyl sites for hydroxylation is 1. The smallest absolute Gasteiger partial charge is 0.271 e. The molecule has 5 aromatic rings. The highest BCUT2D eigenvalue weighted by atomic mass is 32.1. The van der Waals surface area contributed by atoms with Crippen LogP contribution in [0.1, 0.15) is 35.2 Å². The molecular weight excluding hydrogens is 570 g/mol. The minimum absolute atomic E-state index is 0.216. The van der Waals surface area contributed by atoms with Crippen LogP contribution in [0, 0.1) is 6.92 Å². The van der Waals surface area contributed by atoms with E-state index in [0.717, 1.165) is 22.4 Å². The van der Waals surface area contributed by atoms with E-state index in [0.29, 0.717) is 38.6 Å². The third-order valence-corrected chi connectivity index (χ3v) is 8.42. The van der Waals surface area contributed by atoms with E-state index in [2.05, 4.69) is 36.5 Å². The molecule has 0 saturated carbocycles. The summed E-state index contributed by atoms with van der Waals surface area (Å²) in [4.78, 5) is 33.0. The van der Waals surface area contributed by atoms with E-state index < -0.39 is 6.04 Å². The molecule has 0 saturated heterocycles. The fraction of sp³-hybridized carbons (Fsp3) is 0.139. The number of fused-ring (bicyclic) bond motifs is 1. The third kappa shape index (κ3) is 6.11. The minimum atomic E-state index is -0.666. The number of rotatable bonds is 8. The van der Waals surface area contributed by atoms with Crippen molar-refractivity contribution in [1.29, 1.82) is 0 Å². The monoisotopic (exact) mass is 601 g/mol. The zero-order chi connectivity index (χ0) is 30.6. The summed E-state index contributed by atoms with van der Waals surface area (Å²) in [7, 11) is 1.60. The molecule has 6 rings (SSSR count). The number of nitrogens with one attached hydrogen (secondary N) is 1. The Morgan fingerprint density at radius 1 is 0.909 bits per heavy atom. The Bertz CT molecular complexity index is 2010. The number of anilines is 1. The van der Waals surface area contributed by atoms with Gasteiger partial charge in [-0.05, 0) is 73.0 Å². The Labute approximate surface area is 259 Å². The lowest BCUT2D eigenvalue weighted by atomic mass is 9.95. The molecule has 2 heterocycles. The zero-order valence-electron chi connectivity index (χ0n) is 24.6. The largest absolute Gasteiger partial charge is 0.497 e. The number of para-hydroxylation sites is 1. The molecular formula is C36H31N3O4S. The van der Waals surface area contributed by atoms with Crippen LogP contribution < -0.4 is 29.7 Å². The molecule has 1 aliphatic rings. The average Bonchev–Trinajstić information content (AvgIpc) is 3.35. The number of methoxy groups -OCH3 is 1. The number of hydrogen-bond donors (Lipinski definition) is 1. The molecule has 8 heteroatoms. The van der Waals surface area contributed by atoms with Crippen molar-refractivity contribution in [3.05, 3.63) is 156 Å². The quantitative estimate of drug-likeness (QED) is 0.245. The van der Waals surface area contributed by atoms with E-state index in [-0.39, 0.29) is 11.5 Å². The number of thiazole rings is 1. The molecule has 0 spiro atoms. The molecule has 4 aromatic carbocycles. The molecule has 0 bridgehead atoms. The van der Waals surface area contributed by atoms with Crippen LogP contribution in [-0.4, -0.2) is 17.6 Å². The Balaban J connectivity index is 1.34. The maximum atomic E-state index is 14.0. The van der Waals surface area contributed by atoms with Crippen molar-refractivity contribution in [1.82, 2.24) is 4.57 Å². The SMILES string of the molecule is COc1ccc([C@@H]2C(C(=O)Nc3ccccc3)=C(C)N=c3s/c(=C/c4ccc(OCc5ccc(C)cc5)cc4)c(=O)n32)cc1. The topological polar surface area (TPSA) is 81.9 Å². The lowest BCUT2D eigenvalue weighted by Crippen LogP contribution is -2.40. The van der Waals surface area contributed by atoms with Crippen LogP contribution in [0.2, 0.25) is 0 Å².